The number of aryl methyl sites for hydroxylation is 1. The molecule has 34 heavy (non-hydrogen) atoms. The lowest BCUT2D eigenvalue weighted by Gasteiger charge is -2.12. The summed E-state index contributed by atoms with van der Waals surface area (Å²) in [5.41, 5.74) is 2.03. The maximum absolute atomic E-state index is 14.4. The van der Waals surface area contributed by atoms with Crippen LogP contribution in [0.15, 0.2) is 53.1 Å². The Labute approximate surface area is 196 Å². The van der Waals surface area contributed by atoms with Gasteiger partial charge in [0.25, 0.3) is 0 Å². The van der Waals surface area contributed by atoms with Crippen LogP contribution in [0.2, 0.25) is 0 Å². The number of rotatable bonds is 10. The highest BCUT2D eigenvalue weighted by atomic mass is 19.1. The third kappa shape index (κ3) is 5.40. The molecule has 0 unspecified atom stereocenters. The molecule has 0 aliphatic heterocycles. The van der Waals surface area contributed by atoms with Crippen molar-refractivity contribution >= 4 is 23.1 Å². The van der Waals surface area contributed by atoms with Gasteiger partial charge in [0.1, 0.15) is 0 Å². The highest BCUT2D eigenvalue weighted by Crippen LogP contribution is 2.31. The van der Waals surface area contributed by atoms with Crippen molar-refractivity contribution in [2.75, 3.05) is 24.9 Å². The summed E-state index contributed by atoms with van der Waals surface area (Å²) in [5.74, 6) is 1.76. The van der Waals surface area contributed by atoms with Gasteiger partial charge in [0.2, 0.25) is 17.7 Å². The van der Waals surface area contributed by atoms with Crippen LogP contribution in [0.1, 0.15) is 25.7 Å². The van der Waals surface area contributed by atoms with Gasteiger partial charge in [0, 0.05) is 29.4 Å². The van der Waals surface area contributed by atoms with Crippen LogP contribution in [0.3, 0.4) is 0 Å². The molecule has 10 heteroatoms. The van der Waals surface area contributed by atoms with Gasteiger partial charge in [-0.25, -0.2) is 9.37 Å². The van der Waals surface area contributed by atoms with Crippen LogP contribution in [-0.2, 0) is 6.42 Å². The molecule has 2 aromatic carbocycles. The Morgan fingerprint density at radius 3 is 2.59 bits per heavy atom. The summed E-state index contributed by atoms with van der Waals surface area (Å²) < 4.78 is 30.7. The minimum atomic E-state index is -0.598. The summed E-state index contributed by atoms with van der Waals surface area (Å²) in [6, 6.07) is 12.5. The quantitative estimate of drug-likeness (QED) is 0.314. The summed E-state index contributed by atoms with van der Waals surface area (Å²) in [7, 11) is 3.08. The molecule has 4 rings (SSSR count). The molecule has 0 atom stereocenters. The monoisotopic (exact) mass is 464 g/mol. The van der Waals surface area contributed by atoms with E-state index in [1.807, 2.05) is 24.3 Å². The number of ether oxygens (including phenoxy) is 2. The fourth-order valence-corrected chi connectivity index (χ4v) is 3.22. The molecule has 0 spiro atoms. The molecule has 4 aromatic rings. The highest BCUT2D eigenvalue weighted by molar-refractivity contribution is 5.66. The van der Waals surface area contributed by atoms with Gasteiger partial charge in [-0.15, -0.1) is 10.2 Å². The minimum absolute atomic E-state index is 0.0124. The zero-order chi connectivity index (χ0) is 23.9. The first-order chi connectivity index (χ1) is 16.6. The van der Waals surface area contributed by atoms with Crippen molar-refractivity contribution in [1.82, 2.24) is 20.2 Å². The van der Waals surface area contributed by atoms with E-state index < -0.39 is 5.82 Å². The van der Waals surface area contributed by atoms with E-state index >= 15 is 0 Å². The van der Waals surface area contributed by atoms with Crippen molar-refractivity contribution in [2.24, 2.45) is 0 Å². The Morgan fingerprint density at radius 2 is 1.79 bits per heavy atom. The zero-order valence-corrected chi connectivity index (χ0v) is 19.1. The Bertz CT molecular complexity index is 1260. The van der Waals surface area contributed by atoms with Crippen LogP contribution in [0.5, 0.6) is 11.5 Å². The van der Waals surface area contributed by atoms with Crippen LogP contribution in [-0.4, -0.2) is 34.4 Å². The van der Waals surface area contributed by atoms with Crippen LogP contribution in [0.25, 0.3) is 11.5 Å². The first-order valence-corrected chi connectivity index (χ1v) is 10.8. The number of unbranched alkanes of at least 4 members (excludes halogenated alkanes) is 1. The van der Waals surface area contributed by atoms with Gasteiger partial charge in [-0.3, -0.25) is 0 Å². The molecule has 2 N–H and O–H groups in total. The number of hydrogen-bond acceptors (Lipinski definition) is 9. The van der Waals surface area contributed by atoms with Gasteiger partial charge in [0.15, 0.2) is 23.1 Å². The van der Waals surface area contributed by atoms with Crippen molar-refractivity contribution in [3.8, 4) is 23.0 Å². The lowest BCUT2D eigenvalue weighted by atomic mass is 10.2. The molecule has 0 radical (unpaired) electrons. The van der Waals surface area contributed by atoms with Gasteiger partial charge < -0.3 is 24.5 Å². The molecule has 0 aliphatic carbocycles. The molecular weight excluding hydrogens is 439 g/mol. The van der Waals surface area contributed by atoms with E-state index in [0.717, 1.165) is 31.0 Å². The van der Waals surface area contributed by atoms with E-state index in [4.69, 9.17) is 13.9 Å². The second-order valence-corrected chi connectivity index (χ2v) is 7.40. The zero-order valence-electron chi connectivity index (χ0n) is 19.1. The molecule has 0 fully saturated rings. The van der Waals surface area contributed by atoms with Crippen molar-refractivity contribution in [3.63, 3.8) is 0 Å². The number of benzene rings is 2. The average molecular weight is 465 g/mol. The molecule has 2 aromatic heterocycles. The first kappa shape index (κ1) is 23.0. The first-order valence-electron chi connectivity index (χ1n) is 10.8. The predicted octanol–water partition coefficient (Wildman–Crippen LogP) is 5.51. The maximum Gasteiger partial charge on any atom is 0.247 e. The molecule has 0 bridgehead atoms. The summed E-state index contributed by atoms with van der Waals surface area (Å²) in [6.45, 7) is 2.11. The second-order valence-electron chi connectivity index (χ2n) is 7.40. The van der Waals surface area contributed by atoms with Crippen LogP contribution in [0.4, 0.5) is 27.5 Å². The van der Waals surface area contributed by atoms with Gasteiger partial charge in [-0.05, 0) is 36.8 Å². The number of methoxy groups -OCH3 is 2. The van der Waals surface area contributed by atoms with Gasteiger partial charge in [-0.2, -0.15) is 4.98 Å². The molecule has 0 aliphatic rings. The fraction of sp³-hybridized carbons (Fsp3) is 0.250. The van der Waals surface area contributed by atoms with E-state index in [9.17, 15) is 4.39 Å². The summed E-state index contributed by atoms with van der Waals surface area (Å²) in [5, 5.41) is 14.3. The third-order valence-electron chi connectivity index (χ3n) is 4.97. The van der Waals surface area contributed by atoms with Crippen LogP contribution in [0, 0.1) is 5.82 Å². The average Bonchev–Trinajstić information content (AvgIpc) is 3.34. The Kier molecular flexibility index (Phi) is 7.16. The molecule has 0 amide bonds. The number of nitrogens with zero attached hydrogens (tertiary/aromatic N) is 4. The molecule has 0 saturated heterocycles. The second kappa shape index (κ2) is 10.6. The fourth-order valence-electron chi connectivity index (χ4n) is 3.22. The van der Waals surface area contributed by atoms with Crippen molar-refractivity contribution in [1.29, 1.82) is 0 Å². The smallest absolute Gasteiger partial charge is 0.247 e. The number of halogens is 1. The topological polar surface area (TPSA) is 107 Å². The summed E-state index contributed by atoms with van der Waals surface area (Å²) in [6.07, 6.45) is 3.89. The number of hydrogen-bond donors (Lipinski definition) is 2. The number of nitrogens with one attached hydrogen (secondary N) is 2. The molecular formula is C24H25FN6O3. The standard InChI is InChI=1S/C24H25FN6O3/c1-4-5-9-21-30-31-23(34-21)15-7-6-8-16(12-15)28-24-26-14-18(25)22(29-24)27-17-10-11-19(32-2)20(13-17)33-3/h6-8,10-14H,4-5,9H2,1-3H3,(H2,26,27,28,29). The van der Waals surface area contributed by atoms with Crippen LogP contribution < -0.4 is 20.1 Å². The van der Waals surface area contributed by atoms with E-state index in [2.05, 4.69) is 37.7 Å². The van der Waals surface area contributed by atoms with Crippen molar-refractivity contribution < 1.29 is 18.3 Å². The minimum Gasteiger partial charge on any atom is -0.493 e. The van der Waals surface area contributed by atoms with Gasteiger partial charge in [0.05, 0.1) is 20.4 Å². The van der Waals surface area contributed by atoms with Crippen molar-refractivity contribution in [2.45, 2.75) is 26.2 Å². The maximum atomic E-state index is 14.4. The van der Waals surface area contributed by atoms with E-state index in [1.165, 1.54) is 7.11 Å². The lowest BCUT2D eigenvalue weighted by Crippen LogP contribution is -2.03. The summed E-state index contributed by atoms with van der Waals surface area (Å²) in [4.78, 5) is 8.31. The SMILES string of the molecule is CCCCc1nnc(-c2cccc(Nc3ncc(F)c(Nc4ccc(OC)c(OC)c4)n3)c2)o1. The molecule has 176 valence electrons. The van der Waals surface area contributed by atoms with E-state index in [0.29, 0.717) is 34.7 Å². The van der Waals surface area contributed by atoms with E-state index in [-0.39, 0.29) is 11.8 Å². The molecule has 2 heterocycles. The van der Waals surface area contributed by atoms with Gasteiger partial charge in [-0.1, -0.05) is 19.4 Å². The normalized spacial score (nSPS) is 10.7. The lowest BCUT2D eigenvalue weighted by molar-refractivity contribution is 0.355. The van der Waals surface area contributed by atoms with Gasteiger partial charge >= 0.3 is 0 Å². The van der Waals surface area contributed by atoms with Crippen LogP contribution >= 0.6 is 0 Å². The Balaban J connectivity index is 1.51. The molecule has 0 saturated carbocycles. The van der Waals surface area contributed by atoms with Crippen molar-refractivity contribution in [3.05, 3.63) is 60.4 Å². The molecule has 9 nitrogen and oxygen atoms in total. The number of aromatic nitrogens is 4. The largest absolute Gasteiger partial charge is 0.493 e. The summed E-state index contributed by atoms with van der Waals surface area (Å²) >= 11 is 0. The third-order valence-corrected chi connectivity index (χ3v) is 4.97. The highest BCUT2D eigenvalue weighted by Gasteiger charge is 2.12. The Hall–Kier alpha value is -4.21. The van der Waals surface area contributed by atoms with E-state index in [1.54, 1.807) is 25.3 Å². The Morgan fingerprint density at radius 1 is 0.971 bits per heavy atom. The predicted molar refractivity (Wildman–Crippen MR) is 126 cm³/mol. The number of anilines is 4.